The molecule has 1 heterocycles. The smallest absolute Gasteiger partial charge is 0.254 e. The number of benzene rings is 3. The molecular weight excluding hydrogens is 647 g/mol. The molecule has 1 saturated heterocycles. The van der Waals surface area contributed by atoms with Gasteiger partial charge in [0.05, 0.1) is 36.3 Å². The summed E-state index contributed by atoms with van der Waals surface area (Å²) in [5.41, 5.74) is 1.75. The molecule has 3 aromatic carbocycles. The van der Waals surface area contributed by atoms with Gasteiger partial charge in [-0.2, -0.15) is 0 Å². The fraction of sp³-hybridized carbons (Fsp3) is 0.459. The van der Waals surface area contributed by atoms with Crippen molar-refractivity contribution in [2.45, 2.75) is 77.6 Å². The molecule has 49 heavy (non-hydrogen) atoms. The second-order valence-corrected chi connectivity index (χ2v) is 16.1. The molecule has 6 N–H and O–H groups in total. The molecule has 266 valence electrons. The molecule has 1 aliphatic carbocycles. The average Bonchev–Trinajstić information content (AvgIpc) is 3.06. The summed E-state index contributed by atoms with van der Waals surface area (Å²) in [5, 5.41) is 21.2. The van der Waals surface area contributed by atoms with Gasteiger partial charge in [-0.05, 0) is 81.0 Å². The number of anilines is 2. The lowest BCUT2D eigenvalue weighted by Crippen LogP contribution is -2.50. The Bertz CT molecular complexity index is 1650. The van der Waals surface area contributed by atoms with Crippen LogP contribution in [0.2, 0.25) is 0 Å². The molecule has 0 spiro atoms. The van der Waals surface area contributed by atoms with Crippen molar-refractivity contribution < 1.29 is 32.9 Å². The van der Waals surface area contributed by atoms with E-state index >= 15 is 4.39 Å². The molecule has 2 aliphatic rings. The van der Waals surface area contributed by atoms with Crippen molar-refractivity contribution >= 4 is 33.8 Å². The summed E-state index contributed by atoms with van der Waals surface area (Å²) in [4.78, 5) is 27.2. The Labute approximate surface area is 289 Å². The summed E-state index contributed by atoms with van der Waals surface area (Å²) in [6, 6.07) is 16.6. The highest BCUT2D eigenvalue weighted by Crippen LogP contribution is 2.51. The molecule has 1 amide bonds. The van der Waals surface area contributed by atoms with E-state index in [2.05, 4.69) is 16.0 Å². The summed E-state index contributed by atoms with van der Waals surface area (Å²) in [5.74, 6) is -0.815. The highest BCUT2D eigenvalue weighted by atomic mass is 32.3. The number of halogens is 1. The van der Waals surface area contributed by atoms with Crippen LogP contribution in [-0.2, 0) is 6.42 Å². The van der Waals surface area contributed by atoms with Gasteiger partial charge in [-0.3, -0.25) is 23.0 Å². The van der Waals surface area contributed by atoms with Gasteiger partial charge in [-0.25, -0.2) is 4.39 Å². The van der Waals surface area contributed by atoms with Crippen LogP contribution in [0.1, 0.15) is 84.8 Å². The Kier molecular flexibility index (Phi) is 11.2. The number of aliphatic hydroxyl groups is 1. The monoisotopic (exact) mass is 696 g/mol. The number of fused-ring (bicyclic) bond motifs is 1. The number of nitrogens with one attached hydrogen (secondary N) is 3. The van der Waals surface area contributed by atoms with Crippen molar-refractivity contribution in [3.8, 4) is 5.75 Å². The van der Waals surface area contributed by atoms with E-state index < -0.39 is 40.1 Å². The molecule has 3 atom stereocenters. The van der Waals surface area contributed by atoms with Gasteiger partial charge in [0.1, 0.15) is 5.75 Å². The molecule has 1 fully saturated rings. The highest BCUT2D eigenvalue weighted by molar-refractivity contribution is 8.25. The number of hydrogen-bond acceptors (Lipinski definition) is 9. The van der Waals surface area contributed by atoms with Gasteiger partial charge in [0, 0.05) is 41.8 Å². The Morgan fingerprint density at radius 2 is 1.84 bits per heavy atom. The van der Waals surface area contributed by atoms with E-state index in [1.807, 2.05) is 64.1 Å². The van der Waals surface area contributed by atoms with E-state index in [1.54, 1.807) is 19.2 Å². The van der Waals surface area contributed by atoms with Crippen LogP contribution in [0.5, 0.6) is 5.75 Å². The lowest BCUT2D eigenvalue weighted by atomic mass is 9.71. The third-order valence-corrected chi connectivity index (χ3v) is 11.2. The zero-order valence-electron chi connectivity index (χ0n) is 28.8. The predicted molar refractivity (Wildman–Crippen MR) is 193 cm³/mol. The Balaban J connectivity index is 1.43. The minimum absolute atomic E-state index is 0.0411. The van der Waals surface area contributed by atoms with E-state index in [1.165, 1.54) is 16.4 Å². The van der Waals surface area contributed by atoms with Crippen LogP contribution in [-0.4, -0.2) is 70.0 Å². The van der Waals surface area contributed by atoms with Crippen molar-refractivity contribution in [2.24, 2.45) is 5.41 Å². The predicted octanol–water partition coefficient (Wildman–Crippen LogP) is 6.57. The molecule has 3 aromatic rings. The lowest BCUT2D eigenvalue weighted by Gasteiger charge is -2.47. The molecule has 0 bridgehead atoms. The maximum atomic E-state index is 16.3. The number of nitrogens with zero attached hydrogens (tertiary/aromatic N) is 1. The summed E-state index contributed by atoms with van der Waals surface area (Å²) in [6.45, 7) is 7.94. The first-order valence-electron chi connectivity index (χ1n) is 16.8. The molecule has 0 aromatic heterocycles. The largest absolute Gasteiger partial charge is 0.497 e. The first-order chi connectivity index (χ1) is 23.2. The van der Waals surface area contributed by atoms with Crippen LogP contribution in [0.4, 0.5) is 15.8 Å². The van der Waals surface area contributed by atoms with E-state index in [0.29, 0.717) is 36.3 Å². The second-order valence-electron chi connectivity index (χ2n) is 14.0. The summed E-state index contributed by atoms with van der Waals surface area (Å²) in [7, 11) is -1.70. The van der Waals surface area contributed by atoms with Gasteiger partial charge in [0.2, 0.25) is 0 Å². The molecule has 10 nitrogen and oxygen atoms in total. The van der Waals surface area contributed by atoms with E-state index in [4.69, 9.17) is 4.74 Å². The number of amides is 1. The zero-order chi connectivity index (χ0) is 35.5. The lowest BCUT2D eigenvalue weighted by molar-refractivity contribution is 0.0749. The standard InChI is InChI=1S/C37H49FN4O6S/c1-23(2)40-25-18-29(34(38)32(19-25)42-15-9-10-16-49(42,46)47)36(45)41-30(17-24-11-7-6-8-12-24)33(43)22-39-31-21-37(3,4)35(44)27-14-13-26(48-5)20-28(27)31/h6-8,11-14,18-20,23,30-31,33,39-40,43,46-47H,9-10,15-17,21-22H2,1-5H3,(H,41,45)/t30?,31-,33?/m0/s1. The second kappa shape index (κ2) is 15.1. The van der Waals surface area contributed by atoms with Gasteiger partial charge >= 0.3 is 0 Å². The maximum Gasteiger partial charge on any atom is 0.254 e. The zero-order valence-corrected chi connectivity index (χ0v) is 29.6. The Hall–Kier alpha value is -3.68. The highest BCUT2D eigenvalue weighted by Gasteiger charge is 2.40. The number of carbonyl (C=O) groups excluding carboxylic acids is 2. The molecule has 5 rings (SSSR count). The summed E-state index contributed by atoms with van der Waals surface area (Å²) < 4.78 is 44.6. The van der Waals surface area contributed by atoms with Crippen LogP contribution in [0.15, 0.2) is 60.7 Å². The SMILES string of the molecule is COc1ccc2c(c1)[C@@H](NCC(O)C(Cc1ccccc1)NC(=O)c1cc(NC(C)C)cc(N3CCCCS3(O)O)c1F)CC(C)(C)C2=O. The van der Waals surface area contributed by atoms with Crippen molar-refractivity contribution in [3.63, 3.8) is 0 Å². The minimum Gasteiger partial charge on any atom is -0.497 e. The maximum absolute atomic E-state index is 16.3. The summed E-state index contributed by atoms with van der Waals surface area (Å²) >= 11 is 0. The van der Waals surface area contributed by atoms with E-state index in [9.17, 15) is 23.8 Å². The van der Waals surface area contributed by atoms with Crippen LogP contribution in [0, 0.1) is 11.2 Å². The fourth-order valence-electron chi connectivity index (χ4n) is 6.68. The van der Waals surface area contributed by atoms with Gasteiger partial charge in [-0.1, -0.05) is 44.2 Å². The van der Waals surface area contributed by atoms with Gasteiger partial charge in [0.15, 0.2) is 11.6 Å². The molecule has 0 saturated carbocycles. The first kappa shape index (κ1) is 36.6. The quantitative estimate of drug-likeness (QED) is 0.124. The molecule has 0 radical (unpaired) electrons. The number of Topliss-reactive ketones (excluding diaryl/α,β-unsaturated/α-hetero) is 1. The summed E-state index contributed by atoms with van der Waals surface area (Å²) in [6.07, 6.45) is 0.916. The van der Waals surface area contributed by atoms with Crippen molar-refractivity contribution in [1.82, 2.24) is 10.6 Å². The molecular formula is C37H49FN4O6S. The number of rotatable bonds is 12. The molecule has 2 unspecified atom stereocenters. The van der Waals surface area contributed by atoms with Crippen molar-refractivity contribution in [1.29, 1.82) is 0 Å². The number of methoxy groups -OCH3 is 1. The van der Waals surface area contributed by atoms with Crippen LogP contribution in [0.3, 0.4) is 0 Å². The normalized spacial score (nSPS) is 20.2. The Morgan fingerprint density at radius 1 is 1.10 bits per heavy atom. The molecule has 12 heteroatoms. The number of carbonyl (C=O) groups is 2. The third-order valence-electron chi connectivity index (χ3n) is 9.27. The average molecular weight is 697 g/mol. The van der Waals surface area contributed by atoms with Crippen LogP contribution < -0.4 is 25.0 Å². The molecule has 1 aliphatic heterocycles. The number of ether oxygens (including phenoxy) is 1. The van der Waals surface area contributed by atoms with Gasteiger partial charge in [-0.15, -0.1) is 10.8 Å². The fourth-order valence-corrected chi connectivity index (χ4v) is 8.36. The number of ketones is 1. The van der Waals surface area contributed by atoms with E-state index in [0.717, 1.165) is 11.1 Å². The number of aliphatic hydroxyl groups excluding tert-OH is 1. The van der Waals surface area contributed by atoms with Gasteiger partial charge < -0.3 is 25.8 Å². The van der Waals surface area contributed by atoms with Crippen molar-refractivity contribution in [2.75, 3.05) is 35.6 Å². The third kappa shape index (κ3) is 8.38. The first-order valence-corrected chi connectivity index (χ1v) is 18.5. The number of hydrogen-bond donors (Lipinski definition) is 6. The van der Waals surface area contributed by atoms with Crippen LogP contribution >= 0.6 is 10.8 Å². The minimum atomic E-state index is -3.26. The van der Waals surface area contributed by atoms with Gasteiger partial charge in [0.25, 0.3) is 5.91 Å². The van der Waals surface area contributed by atoms with Crippen LogP contribution in [0.25, 0.3) is 0 Å². The topological polar surface area (TPSA) is 143 Å². The van der Waals surface area contributed by atoms with E-state index in [-0.39, 0.29) is 54.4 Å². The van der Waals surface area contributed by atoms with Crippen molar-refractivity contribution in [3.05, 3.63) is 88.7 Å². The Morgan fingerprint density at radius 3 is 2.51 bits per heavy atom.